The third-order valence-corrected chi connectivity index (χ3v) is 5.39. The smallest absolute Gasteiger partial charge is 0.239 e. The van der Waals surface area contributed by atoms with Gasteiger partial charge in [-0.3, -0.25) is 4.79 Å². The van der Waals surface area contributed by atoms with Gasteiger partial charge in [-0.1, -0.05) is 48.0 Å². The Labute approximate surface area is 149 Å². The van der Waals surface area contributed by atoms with Gasteiger partial charge in [-0.15, -0.1) is 0 Å². The fourth-order valence-electron chi connectivity index (χ4n) is 2.72. The summed E-state index contributed by atoms with van der Waals surface area (Å²) in [6.45, 7) is 5.43. The molecular weight excluding hydrogens is 336 g/mol. The van der Waals surface area contributed by atoms with Gasteiger partial charge in [0.2, 0.25) is 15.9 Å². The highest BCUT2D eigenvalue weighted by molar-refractivity contribution is 7.88. The normalized spacial score (nSPS) is 12.8. The van der Waals surface area contributed by atoms with Gasteiger partial charge in [0.1, 0.15) is 0 Å². The molecule has 0 aliphatic rings. The molecule has 0 saturated carbocycles. The van der Waals surface area contributed by atoms with E-state index in [4.69, 9.17) is 0 Å². The van der Waals surface area contributed by atoms with Crippen LogP contribution in [0.15, 0.2) is 48.5 Å². The summed E-state index contributed by atoms with van der Waals surface area (Å²) in [7, 11) is -3.54. The van der Waals surface area contributed by atoms with Gasteiger partial charge in [-0.2, -0.15) is 4.31 Å². The molecule has 1 amide bonds. The van der Waals surface area contributed by atoms with Crippen molar-refractivity contribution in [3.05, 3.63) is 65.2 Å². The van der Waals surface area contributed by atoms with Gasteiger partial charge in [-0.25, -0.2) is 8.42 Å². The summed E-state index contributed by atoms with van der Waals surface area (Å²) in [4.78, 5) is 12.4. The number of benzene rings is 2. The molecule has 0 aromatic heterocycles. The van der Waals surface area contributed by atoms with Gasteiger partial charge in [0.05, 0.1) is 12.8 Å². The van der Waals surface area contributed by atoms with E-state index in [9.17, 15) is 13.2 Å². The maximum Gasteiger partial charge on any atom is 0.239 e. The molecule has 1 N–H and O–H groups in total. The minimum absolute atomic E-state index is 0.234. The van der Waals surface area contributed by atoms with E-state index in [2.05, 4.69) is 5.32 Å². The zero-order chi connectivity index (χ0) is 18.6. The van der Waals surface area contributed by atoms with Crippen LogP contribution in [0.2, 0.25) is 0 Å². The van der Waals surface area contributed by atoms with Gasteiger partial charge in [0, 0.05) is 11.7 Å². The molecule has 0 aliphatic heterocycles. The molecule has 1 atom stereocenters. The van der Waals surface area contributed by atoms with Crippen LogP contribution in [0.25, 0.3) is 0 Å². The highest BCUT2D eigenvalue weighted by Crippen LogP contribution is 2.23. The average molecular weight is 360 g/mol. The number of nitrogens with zero attached hydrogens (tertiary/aromatic N) is 1. The van der Waals surface area contributed by atoms with Gasteiger partial charge < -0.3 is 5.32 Å². The summed E-state index contributed by atoms with van der Waals surface area (Å²) in [5.41, 5.74) is 3.57. The van der Waals surface area contributed by atoms with Crippen LogP contribution in [0.3, 0.4) is 0 Å². The molecule has 0 fully saturated rings. The minimum Gasteiger partial charge on any atom is -0.325 e. The fraction of sp³-hybridized carbons (Fsp3) is 0.316. The lowest BCUT2D eigenvalue weighted by atomic mass is 10.1. The fourth-order valence-corrected chi connectivity index (χ4v) is 3.77. The first-order chi connectivity index (χ1) is 11.7. The molecule has 1 unspecified atom stereocenters. The number of aryl methyl sites for hydroxylation is 2. The summed E-state index contributed by atoms with van der Waals surface area (Å²) in [6, 6.07) is 14.5. The second-order valence-electron chi connectivity index (χ2n) is 6.26. The molecule has 5 nitrogen and oxygen atoms in total. The summed E-state index contributed by atoms with van der Waals surface area (Å²) >= 11 is 0. The largest absolute Gasteiger partial charge is 0.325 e. The Bertz CT molecular complexity index is 848. The van der Waals surface area contributed by atoms with E-state index in [0.29, 0.717) is 5.69 Å². The maximum atomic E-state index is 12.4. The SMILES string of the molecule is Cc1ccc(NC(=O)CN(C(C)c2ccccc2)S(C)(=O)=O)c(C)c1. The Morgan fingerprint density at radius 3 is 2.32 bits per heavy atom. The van der Waals surface area contributed by atoms with Gasteiger partial charge in [-0.05, 0) is 38.0 Å². The first kappa shape index (κ1) is 19.1. The van der Waals surface area contributed by atoms with Crippen molar-refractivity contribution in [2.24, 2.45) is 0 Å². The summed E-state index contributed by atoms with van der Waals surface area (Å²) in [5, 5.41) is 2.80. The van der Waals surface area contributed by atoms with Crippen molar-refractivity contribution in [3.63, 3.8) is 0 Å². The van der Waals surface area contributed by atoms with E-state index in [1.54, 1.807) is 6.92 Å². The number of rotatable bonds is 6. The van der Waals surface area contributed by atoms with Crippen LogP contribution in [-0.2, 0) is 14.8 Å². The number of sulfonamides is 1. The standard InChI is InChI=1S/C19H24N2O3S/c1-14-10-11-18(15(2)12-14)20-19(22)13-21(25(4,23)24)16(3)17-8-6-5-7-9-17/h5-12,16H,13H2,1-4H3,(H,20,22). The molecule has 2 aromatic carbocycles. The van der Waals surface area contributed by atoms with Crippen LogP contribution in [0.4, 0.5) is 5.69 Å². The highest BCUT2D eigenvalue weighted by atomic mass is 32.2. The van der Waals surface area contributed by atoms with Crippen molar-refractivity contribution in [1.82, 2.24) is 4.31 Å². The molecule has 6 heteroatoms. The second-order valence-corrected chi connectivity index (χ2v) is 8.20. The van der Waals surface area contributed by atoms with Crippen molar-refractivity contribution < 1.29 is 13.2 Å². The Hall–Kier alpha value is -2.18. The van der Waals surface area contributed by atoms with Gasteiger partial charge >= 0.3 is 0 Å². The Balaban J connectivity index is 2.18. The first-order valence-corrected chi connectivity index (χ1v) is 9.92. The van der Waals surface area contributed by atoms with Crippen molar-refractivity contribution in [1.29, 1.82) is 0 Å². The molecule has 0 heterocycles. The van der Waals surface area contributed by atoms with E-state index in [1.165, 1.54) is 4.31 Å². The average Bonchev–Trinajstić information content (AvgIpc) is 2.54. The second kappa shape index (κ2) is 7.80. The third kappa shape index (κ3) is 5.14. The van der Waals surface area contributed by atoms with Gasteiger partial charge in [0.25, 0.3) is 0 Å². The third-order valence-electron chi connectivity index (χ3n) is 4.10. The summed E-state index contributed by atoms with van der Waals surface area (Å²) in [5.74, 6) is -0.361. The number of anilines is 1. The maximum absolute atomic E-state index is 12.4. The number of carbonyl (C=O) groups is 1. The number of carbonyl (C=O) groups excluding carboxylic acids is 1. The number of hydrogen-bond donors (Lipinski definition) is 1. The molecule has 0 radical (unpaired) electrons. The monoisotopic (exact) mass is 360 g/mol. The molecular formula is C19H24N2O3S. The summed E-state index contributed by atoms with van der Waals surface area (Å²) < 4.78 is 25.6. The molecule has 0 aliphatic carbocycles. The number of hydrogen-bond acceptors (Lipinski definition) is 3. The lowest BCUT2D eigenvalue weighted by molar-refractivity contribution is -0.116. The van der Waals surface area contributed by atoms with Crippen LogP contribution in [-0.4, -0.2) is 31.4 Å². The molecule has 0 bridgehead atoms. The minimum atomic E-state index is -3.54. The molecule has 2 aromatic rings. The number of amides is 1. The predicted octanol–water partition coefficient (Wildman–Crippen LogP) is 3.26. The van der Waals surface area contributed by atoms with Crippen molar-refractivity contribution in [2.75, 3.05) is 18.1 Å². The quantitative estimate of drug-likeness (QED) is 0.860. The van der Waals surface area contributed by atoms with E-state index < -0.39 is 16.1 Å². The van der Waals surface area contributed by atoms with E-state index in [1.807, 2.05) is 62.4 Å². The van der Waals surface area contributed by atoms with Crippen LogP contribution < -0.4 is 5.32 Å². The molecule has 2 rings (SSSR count). The zero-order valence-electron chi connectivity index (χ0n) is 15.0. The zero-order valence-corrected chi connectivity index (χ0v) is 15.8. The lowest BCUT2D eigenvalue weighted by Gasteiger charge is -2.26. The molecule has 25 heavy (non-hydrogen) atoms. The van der Waals surface area contributed by atoms with E-state index in [0.717, 1.165) is 22.9 Å². The van der Waals surface area contributed by atoms with Crippen LogP contribution >= 0.6 is 0 Å². The first-order valence-electron chi connectivity index (χ1n) is 8.07. The highest BCUT2D eigenvalue weighted by Gasteiger charge is 2.27. The van der Waals surface area contributed by atoms with Crippen molar-refractivity contribution >= 4 is 21.6 Å². The number of nitrogens with one attached hydrogen (secondary N) is 1. The Morgan fingerprint density at radius 1 is 1.12 bits per heavy atom. The topological polar surface area (TPSA) is 66.5 Å². The van der Waals surface area contributed by atoms with E-state index >= 15 is 0 Å². The van der Waals surface area contributed by atoms with Crippen molar-refractivity contribution in [3.8, 4) is 0 Å². The van der Waals surface area contributed by atoms with Gasteiger partial charge in [0.15, 0.2) is 0 Å². The van der Waals surface area contributed by atoms with Crippen LogP contribution in [0.5, 0.6) is 0 Å². The summed E-state index contributed by atoms with van der Waals surface area (Å²) in [6.07, 6.45) is 1.12. The molecule has 0 saturated heterocycles. The lowest BCUT2D eigenvalue weighted by Crippen LogP contribution is -2.39. The van der Waals surface area contributed by atoms with Crippen molar-refractivity contribution in [2.45, 2.75) is 26.8 Å². The Kier molecular flexibility index (Phi) is 5.98. The van der Waals surface area contributed by atoms with E-state index in [-0.39, 0.29) is 12.5 Å². The van der Waals surface area contributed by atoms with Crippen LogP contribution in [0, 0.1) is 13.8 Å². The predicted molar refractivity (Wildman–Crippen MR) is 101 cm³/mol. The molecule has 0 spiro atoms. The van der Waals surface area contributed by atoms with Crippen LogP contribution in [0.1, 0.15) is 29.7 Å². The molecule has 134 valence electrons. The Morgan fingerprint density at radius 2 is 1.76 bits per heavy atom.